The summed E-state index contributed by atoms with van der Waals surface area (Å²) < 4.78 is 2.66. The monoisotopic (exact) mass is 828 g/mol. The second-order valence-electron chi connectivity index (χ2n) is 23.5. The highest BCUT2D eigenvalue weighted by Crippen LogP contribution is 2.52. The quantitative estimate of drug-likeness (QED) is 0.164. The van der Waals surface area contributed by atoms with Crippen LogP contribution in [0.2, 0.25) is 0 Å². The maximum absolute atomic E-state index is 2.66. The summed E-state index contributed by atoms with van der Waals surface area (Å²) in [5.74, 6) is 0. The smallest absolute Gasteiger partial charge is 0.273 e. The van der Waals surface area contributed by atoms with Crippen LogP contribution in [-0.4, -0.2) is 11.3 Å². The van der Waals surface area contributed by atoms with Crippen molar-refractivity contribution >= 4 is 68.3 Å². The molecule has 7 aromatic rings. The maximum Gasteiger partial charge on any atom is 0.273 e. The zero-order valence-electron chi connectivity index (χ0n) is 40.4. The normalized spacial score (nSPS) is 16.4. The van der Waals surface area contributed by atoms with Gasteiger partial charge in [-0.15, -0.1) is 0 Å². The van der Waals surface area contributed by atoms with E-state index in [9.17, 15) is 0 Å². The predicted molar refractivity (Wildman–Crippen MR) is 273 cm³/mol. The molecule has 0 unspecified atom stereocenters. The number of benzene rings is 6. The predicted octanol–water partition coefficient (Wildman–Crippen LogP) is 14.3. The first kappa shape index (κ1) is 41.5. The molecular formula is C59H66BN3. The minimum absolute atomic E-state index is 0.0364. The van der Waals surface area contributed by atoms with Crippen molar-refractivity contribution < 1.29 is 0 Å². The fraction of sp³-hybridized carbons (Fsp3) is 0.356. The van der Waals surface area contributed by atoms with E-state index < -0.39 is 0 Å². The lowest BCUT2D eigenvalue weighted by atomic mass is 9.34. The van der Waals surface area contributed by atoms with Crippen LogP contribution >= 0.6 is 0 Å². The zero-order chi connectivity index (χ0) is 44.8. The molecule has 3 heterocycles. The summed E-state index contributed by atoms with van der Waals surface area (Å²) in [4.78, 5) is 5.22. The number of hydrogen-bond donors (Lipinski definition) is 0. The van der Waals surface area contributed by atoms with Crippen molar-refractivity contribution in [1.29, 1.82) is 0 Å². The number of nitrogens with zero attached hydrogens (tertiary/aromatic N) is 3. The topological polar surface area (TPSA) is 11.4 Å². The number of hydrogen-bond acceptors (Lipinski definition) is 2. The van der Waals surface area contributed by atoms with Crippen LogP contribution < -0.4 is 26.3 Å². The van der Waals surface area contributed by atoms with Crippen LogP contribution in [0.1, 0.15) is 136 Å². The summed E-state index contributed by atoms with van der Waals surface area (Å²) in [6.45, 7) is 33.0. The van der Waals surface area contributed by atoms with E-state index >= 15 is 0 Å². The molecule has 2 aliphatic heterocycles. The first-order valence-electron chi connectivity index (χ1n) is 23.4. The Morgan fingerprint density at radius 2 is 0.984 bits per heavy atom. The number of aryl methyl sites for hydroxylation is 1. The van der Waals surface area contributed by atoms with E-state index in [1.165, 1.54) is 113 Å². The Morgan fingerprint density at radius 1 is 0.492 bits per heavy atom. The standard InChI is InChI=1S/C59H66BN3/c1-37-32-50-52-51(33-37)62(43-27-22-39(23-28-43)56(5,6)7)53-44-35-45-46(59(13,14)31-30-58(45,11)12)36-49(44)63(41-18-16-15-17-19-41)54(53)60(52)47-34-40(57(8,9)10)24-29-48(47)61(50)42-25-20-38(21-26-42)55(2,3)4/h15-29,32-36H,30-31H2,1-14H3. The van der Waals surface area contributed by atoms with Crippen molar-refractivity contribution in [2.45, 2.75) is 137 Å². The van der Waals surface area contributed by atoms with E-state index in [1.807, 2.05) is 0 Å². The Morgan fingerprint density at radius 3 is 1.52 bits per heavy atom. The second kappa shape index (κ2) is 13.8. The summed E-state index contributed by atoms with van der Waals surface area (Å²) in [7, 11) is 0. The zero-order valence-corrected chi connectivity index (χ0v) is 40.4. The van der Waals surface area contributed by atoms with E-state index in [1.54, 1.807) is 0 Å². The maximum atomic E-state index is 2.66. The van der Waals surface area contributed by atoms with Crippen molar-refractivity contribution in [3.8, 4) is 5.69 Å². The van der Waals surface area contributed by atoms with Gasteiger partial charge >= 0.3 is 0 Å². The van der Waals surface area contributed by atoms with Crippen molar-refractivity contribution in [2.75, 3.05) is 9.80 Å². The molecule has 63 heavy (non-hydrogen) atoms. The van der Waals surface area contributed by atoms with Gasteiger partial charge in [-0.1, -0.05) is 145 Å². The fourth-order valence-electron chi connectivity index (χ4n) is 11.0. The van der Waals surface area contributed by atoms with Gasteiger partial charge < -0.3 is 14.4 Å². The minimum atomic E-state index is -0.0382. The van der Waals surface area contributed by atoms with Gasteiger partial charge in [0.1, 0.15) is 0 Å². The Labute approximate surface area is 378 Å². The summed E-state index contributed by atoms with van der Waals surface area (Å²) in [6.07, 6.45) is 2.34. The molecule has 0 atom stereocenters. The molecule has 10 rings (SSSR count). The molecule has 1 aromatic heterocycles. The first-order valence-corrected chi connectivity index (χ1v) is 23.4. The van der Waals surface area contributed by atoms with Crippen LogP contribution in [0.5, 0.6) is 0 Å². The van der Waals surface area contributed by atoms with Crippen molar-refractivity contribution in [2.24, 2.45) is 0 Å². The van der Waals surface area contributed by atoms with E-state index in [-0.39, 0.29) is 33.8 Å². The Balaban J connectivity index is 1.39. The Kier molecular flexibility index (Phi) is 9.07. The van der Waals surface area contributed by atoms with E-state index in [0.29, 0.717) is 0 Å². The van der Waals surface area contributed by atoms with Gasteiger partial charge in [0.2, 0.25) is 0 Å². The SMILES string of the molecule is Cc1cc2c3c(c1)N(c1ccc(C(C)(C)C)cc1)c1c(n(-c4ccccc4)c4cc5c(cc14)C(C)(C)CCC5(C)C)B3c1cc(C(C)(C)C)ccc1N2c1ccc(C(C)(C)C)cc1. The highest BCUT2D eigenvalue weighted by atomic mass is 15.2. The average molecular weight is 828 g/mol. The van der Waals surface area contributed by atoms with Gasteiger partial charge in [-0.25, -0.2) is 0 Å². The molecule has 320 valence electrons. The summed E-state index contributed by atoms with van der Waals surface area (Å²) >= 11 is 0. The first-order chi connectivity index (χ1) is 29.5. The van der Waals surface area contributed by atoms with Crippen molar-refractivity contribution in [1.82, 2.24) is 4.57 Å². The van der Waals surface area contributed by atoms with Crippen LogP contribution in [0.15, 0.2) is 121 Å². The highest BCUT2D eigenvalue weighted by molar-refractivity contribution is 7.00. The molecule has 3 aliphatic rings. The molecule has 0 N–H and O–H groups in total. The van der Waals surface area contributed by atoms with E-state index in [0.717, 1.165) is 0 Å². The van der Waals surface area contributed by atoms with Crippen LogP contribution in [0, 0.1) is 6.92 Å². The minimum Gasteiger partial charge on any atom is -0.319 e. The van der Waals surface area contributed by atoms with Crippen LogP contribution in [0.3, 0.4) is 0 Å². The molecule has 0 saturated carbocycles. The lowest BCUT2D eigenvalue weighted by Crippen LogP contribution is -2.63. The van der Waals surface area contributed by atoms with Gasteiger partial charge in [-0.05, 0) is 158 Å². The van der Waals surface area contributed by atoms with Gasteiger partial charge in [0, 0.05) is 45.1 Å². The summed E-state index contributed by atoms with van der Waals surface area (Å²) in [5.41, 5.74) is 22.4. The number of fused-ring (bicyclic) bond motifs is 7. The van der Waals surface area contributed by atoms with E-state index in [4.69, 9.17) is 0 Å². The van der Waals surface area contributed by atoms with Crippen LogP contribution in [0.4, 0.5) is 34.1 Å². The van der Waals surface area contributed by atoms with Gasteiger partial charge in [0.25, 0.3) is 6.71 Å². The lowest BCUT2D eigenvalue weighted by Gasteiger charge is -2.44. The molecule has 1 aliphatic carbocycles. The summed E-state index contributed by atoms with van der Waals surface area (Å²) in [6, 6.07) is 47.6. The number of aromatic nitrogens is 1. The third kappa shape index (κ3) is 6.52. The average Bonchev–Trinajstić information content (AvgIpc) is 3.55. The Hall–Kier alpha value is -5.48. The molecule has 0 spiro atoms. The van der Waals surface area contributed by atoms with Crippen molar-refractivity contribution in [3.05, 3.63) is 155 Å². The lowest BCUT2D eigenvalue weighted by molar-refractivity contribution is 0.332. The van der Waals surface area contributed by atoms with Crippen molar-refractivity contribution in [3.63, 3.8) is 0 Å². The fourth-order valence-corrected chi connectivity index (χ4v) is 11.0. The molecular weight excluding hydrogens is 761 g/mol. The molecule has 6 aromatic carbocycles. The highest BCUT2D eigenvalue weighted by Gasteiger charge is 2.48. The second-order valence-corrected chi connectivity index (χ2v) is 23.5. The molecule has 0 fully saturated rings. The van der Waals surface area contributed by atoms with Gasteiger partial charge in [0.05, 0.1) is 11.2 Å². The molecule has 0 saturated heterocycles. The molecule has 4 heteroatoms. The van der Waals surface area contributed by atoms with E-state index in [2.05, 4.69) is 233 Å². The molecule has 0 bridgehead atoms. The molecule has 0 amide bonds. The summed E-state index contributed by atoms with van der Waals surface area (Å²) in [5, 5.41) is 1.32. The van der Waals surface area contributed by atoms with Crippen LogP contribution in [-0.2, 0) is 27.1 Å². The third-order valence-corrected chi connectivity index (χ3v) is 14.9. The largest absolute Gasteiger partial charge is 0.319 e. The Bertz CT molecular complexity index is 2940. The van der Waals surface area contributed by atoms with Crippen LogP contribution in [0.25, 0.3) is 16.6 Å². The third-order valence-electron chi connectivity index (χ3n) is 14.9. The number of anilines is 6. The number of para-hydroxylation sites is 1. The van der Waals surface area contributed by atoms with Gasteiger partial charge in [-0.3, -0.25) is 0 Å². The van der Waals surface area contributed by atoms with Gasteiger partial charge in [0.15, 0.2) is 0 Å². The molecule has 0 radical (unpaired) electrons. The molecule has 3 nitrogen and oxygen atoms in total. The number of rotatable bonds is 3. The van der Waals surface area contributed by atoms with Gasteiger partial charge in [-0.2, -0.15) is 0 Å².